The Hall–Kier alpha value is -2.68. The third-order valence-corrected chi connectivity index (χ3v) is 7.08. The van der Waals surface area contributed by atoms with Gasteiger partial charge in [0, 0.05) is 50.0 Å². The molecule has 0 aromatic carbocycles. The molecule has 1 N–H and O–H groups in total. The van der Waals surface area contributed by atoms with E-state index in [4.69, 9.17) is 4.74 Å². The summed E-state index contributed by atoms with van der Waals surface area (Å²) in [6.45, 7) is 4.80. The highest BCUT2D eigenvalue weighted by atomic mass is 16.5. The summed E-state index contributed by atoms with van der Waals surface area (Å²) in [6, 6.07) is 1.77. The van der Waals surface area contributed by atoms with E-state index in [0.717, 1.165) is 57.3 Å². The molecule has 9 nitrogen and oxygen atoms in total. The molecule has 5 rings (SSSR count). The van der Waals surface area contributed by atoms with Crippen molar-refractivity contribution in [3.8, 4) is 0 Å². The van der Waals surface area contributed by atoms with Crippen molar-refractivity contribution in [2.75, 3.05) is 26.2 Å². The number of carbonyl (C=O) groups is 2. The van der Waals surface area contributed by atoms with Gasteiger partial charge in [-0.05, 0) is 51.9 Å². The van der Waals surface area contributed by atoms with Gasteiger partial charge in [-0.25, -0.2) is 9.50 Å². The van der Waals surface area contributed by atoms with Crippen molar-refractivity contribution < 1.29 is 14.3 Å². The molecule has 2 aromatic heterocycles. The Labute approximate surface area is 186 Å². The van der Waals surface area contributed by atoms with Crippen LogP contribution in [-0.2, 0) is 20.7 Å². The first-order valence-electron chi connectivity index (χ1n) is 11.8. The first-order chi connectivity index (χ1) is 15.5. The second-order valence-corrected chi connectivity index (χ2v) is 9.17. The lowest BCUT2D eigenvalue weighted by Crippen LogP contribution is -2.38. The highest BCUT2D eigenvalue weighted by Gasteiger charge is 2.36. The number of rotatable bonds is 5. The van der Waals surface area contributed by atoms with Gasteiger partial charge in [0.1, 0.15) is 6.10 Å². The monoisotopic (exact) mass is 441 g/mol. The molecule has 2 amide bonds. The number of fused-ring (bicyclic) bond motifs is 1. The smallest absolute Gasteiger partial charge is 0.276 e. The summed E-state index contributed by atoms with van der Waals surface area (Å²) in [4.78, 5) is 47.0. The van der Waals surface area contributed by atoms with Crippen molar-refractivity contribution in [3.63, 3.8) is 0 Å². The van der Waals surface area contributed by atoms with Crippen LogP contribution in [0.4, 0.5) is 0 Å². The highest BCUT2D eigenvalue weighted by Crippen LogP contribution is 2.33. The summed E-state index contributed by atoms with van der Waals surface area (Å²) < 4.78 is 7.07. The predicted molar refractivity (Wildman–Crippen MR) is 117 cm³/mol. The lowest BCUT2D eigenvalue weighted by Gasteiger charge is -2.26. The SMILES string of the molecule is Cc1nc2cc(C3CCCN3C(=O)C3CCCO3)[nH]n2c(=O)c1CCC(=O)N1CCCC1. The Bertz CT molecular complexity index is 1080. The van der Waals surface area contributed by atoms with Crippen LogP contribution >= 0.6 is 0 Å². The molecule has 9 heteroatoms. The third-order valence-electron chi connectivity index (χ3n) is 7.08. The van der Waals surface area contributed by atoms with Crippen molar-refractivity contribution in [1.82, 2.24) is 24.4 Å². The molecule has 32 heavy (non-hydrogen) atoms. The maximum absolute atomic E-state index is 13.2. The number of H-pyrrole nitrogens is 1. The molecule has 2 unspecified atom stereocenters. The Morgan fingerprint density at radius 2 is 1.97 bits per heavy atom. The topological polar surface area (TPSA) is 100 Å². The summed E-state index contributed by atoms with van der Waals surface area (Å²) in [5.41, 5.74) is 2.44. The lowest BCUT2D eigenvalue weighted by molar-refractivity contribution is -0.142. The number of aryl methyl sites for hydroxylation is 1. The number of likely N-dealkylation sites (tertiary alicyclic amines) is 2. The van der Waals surface area contributed by atoms with Gasteiger partial charge in [0.05, 0.1) is 11.7 Å². The number of nitrogens with zero attached hydrogens (tertiary/aromatic N) is 4. The van der Waals surface area contributed by atoms with E-state index >= 15 is 0 Å². The van der Waals surface area contributed by atoms with Gasteiger partial charge < -0.3 is 14.5 Å². The molecule has 2 atom stereocenters. The van der Waals surface area contributed by atoms with E-state index in [9.17, 15) is 14.4 Å². The van der Waals surface area contributed by atoms with Crippen LogP contribution in [0.1, 0.15) is 67.9 Å². The Kier molecular flexibility index (Phi) is 5.75. The summed E-state index contributed by atoms with van der Waals surface area (Å²) in [5, 5.41) is 3.20. The maximum Gasteiger partial charge on any atom is 0.276 e. The van der Waals surface area contributed by atoms with Crippen molar-refractivity contribution in [3.05, 3.63) is 33.4 Å². The predicted octanol–water partition coefficient (Wildman–Crippen LogP) is 1.73. The molecule has 2 aromatic rings. The van der Waals surface area contributed by atoms with Gasteiger partial charge >= 0.3 is 0 Å². The Balaban J connectivity index is 1.37. The Morgan fingerprint density at radius 1 is 1.16 bits per heavy atom. The van der Waals surface area contributed by atoms with Gasteiger partial charge in [-0.1, -0.05) is 0 Å². The number of aromatic nitrogens is 3. The molecule has 172 valence electrons. The maximum atomic E-state index is 13.2. The van der Waals surface area contributed by atoms with Crippen LogP contribution in [0.25, 0.3) is 5.65 Å². The molecule has 0 saturated carbocycles. The standard InChI is InChI=1S/C23H31N5O4/c1-15-16(8-9-21(29)26-10-2-3-11-26)22(30)28-20(24-15)14-17(25-28)18-6-4-12-27(18)23(31)19-7-5-13-32-19/h14,18-19,25H,2-13H2,1H3. The van der Waals surface area contributed by atoms with Crippen LogP contribution in [0, 0.1) is 6.92 Å². The molecule has 5 heterocycles. The third kappa shape index (κ3) is 3.83. The van der Waals surface area contributed by atoms with Crippen LogP contribution in [0.3, 0.4) is 0 Å². The van der Waals surface area contributed by atoms with E-state index < -0.39 is 0 Å². The number of nitrogens with one attached hydrogen (secondary N) is 1. The number of amides is 2. The fourth-order valence-corrected chi connectivity index (χ4v) is 5.31. The number of hydrogen-bond acceptors (Lipinski definition) is 5. The zero-order chi connectivity index (χ0) is 22.2. The average molecular weight is 442 g/mol. The summed E-state index contributed by atoms with van der Waals surface area (Å²) in [6.07, 6.45) is 5.93. The average Bonchev–Trinajstić information content (AvgIpc) is 3.58. The molecular formula is C23H31N5O4. The quantitative estimate of drug-likeness (QED) is 0.762. The van der Waals surface area contributed by atoms with E-state index in [2.05, 4.69) is 10.1 Å². The van der Waals surface area contributed by atoms with Gasteiger partial charge in [0.2, 0.25) is 5.91 Å². The number of hydrogen-bond donors (Lipinski definition) is 1. The molecular weight excluding hydrogens is 410 g/mol. The lowest BCUT2D eigenvalue weighted by atomic mass is 10.1. The van der Waals surface area contributed by atoms with Gasteiger partial charge in [-0.2, -0.15) is 0 Å². The van der Waals surface area contributed by atoms with Crippen LogP contribution in [0.15, 0.2) is 10.9 Å². The van der Waals surface area contributed by atoms with Crippen LogP contribution < -0.4 is 5.56 Å². The fourth-order valence-electron chi connectivity index (χ4n) is 5.31. The minimum atomic E-state index is -0.345. The van der Waals surface area contributed by atoms with Crippen molar-refractivity contribution in [2.45, 2.75) is 70.4 Å². The minimum absolute atomic E-state index is 0.0428. The van der Waals surface area contributed by atoms with Crippen molar-refractivity contribution in [1.29, 1.82) is 0 Å². The fraction of sp³-hybridized carbons (Fsp3) is 0.652. The van der Waals surface area contributed by atoms with E-state index in [1.165, 1.54) is 4.52 Å². The van der Waals surface area contributed by atoms with Crippen LogP contribution in [0.2, 0.25) is 0 Å². The molecule has 0 bridgehead atoms. The number of carbonyl (C=O) groups excluding carboxylic acids is 2. The molecule has 3 aliphatic rings. The molecule has 0 radical (unpaired) electrons. The van der Waals surface area contributed by atoms with Gasteiger partial charge in [-0.15, -0.1) is 0 Å². The second kappa shape index (κ2) is 8.69. The van der Waals surface area contributed by atoms with Crippen LogP contribution in [0.5, 0.6) is 0 Å². The van der Waals surface area contributed by atoms with Gasteiger partial charge in [-0.3, -0.25) is 19.5 Å². The van der Waals surface area contributed by atoms with E-state index in [1.54, 1.807) is 0 Å². The van der Waals surface area contributed by atoms with E-state index in [1.807, 2.05) is 22.8 Å². The van der Waals surface area contributed by atoms with Gasteiger partial charge in [0.15, 0.2) is 5.65 Å². The van der Waals surface area contributed by atoms with E-state index in [-0.39, 0.29) is 29.5 Å². The zero-order valence-corrected chi connectivity index (χ0v) is 18.6. The Morgan fingerprint density at radius 3 is 2.72 bits per heavy atom. The number of ether oxygens (including phenoxy) is 1. The summed E-state index contributed by atoms with van der Waals surface area (Å²) >= 11 is 0. The van der Waals surface area contributed by atoms with Gasteiger partial charge in [0.25, 0.3) is 11.5 Å². The van der Waals surface area contributed by atoms with Crippen molar-refractivity contribution >= 4 is 17.5 Å². The first kappa shape index (κ1) is 21.2. The molecule has 3 saturated heterocycles. The molecule has 3 aliphatic heterocycles. The molecule has 3 fully saturated rings. The normalized spacial score (nSPS) is 23.5. The zero-order valence-electron chi connectivity index (χ0n) is 18.6. The largest absolute Gasteiger partial charge is 0.368 e. The minimum Gasteiger partial charge on any atom is -0.368 e. The highest BCUT2D eigenvalue weighted by molar-refractivity contribution is 5.82. The molecule has 0 aliphatic carbocycles. The summed E-state index contributed by atoms with van der Waals surface area (Å²) in [7, 11) is 0. The second-order valence-electron chi connectivity index (χ2n) is 9.17. The van der Waals surface area contributed by atoms with Crippen molar-refractivity contribution in [2.24, 2.45) is 0 Å². The molecule has 0 spiro atoms. The first-order valence-corrected chi connectivity index (χ1v) is 11.8. The summed E-state index contributed by atoms with van der Waals surface area (Å²) in [5.74, 6) is 0.147. The van der Waals surface area contributed by atoms with Crippen LogP contribution in [-0.4, -0.2) is 68.6 Å². The van der Waals surface area contributed by atoms with E-state index in [0.29, 0.717) is 42.9 Å². The number of aromatic amines is 1.